The Morgan fingerprint density at radius 1 is 1.32 bits per heavy atom. The van der Waals surface area contributed by atoms with E-state index in [2.05, 4.69) is 15.9 Å². The molecule has 1 aromatic rings. The summed E-state index contributed by atoms with van der Waals surface area (Å²) in [4.78, 5) is 40.0. The van der Waals surface area contributed by atoms with Crippen molar-refractivity contribution < 1.29 is 19.1 Å². The Balaban J connectivity index is 2.26. The summed E-state index contributed by atoms with van der Waals surface area (Å²) in [6.45, 7) is 4.43. The highest BCUT2D eigenvalue weighted by atomic mass is 79.9. The second-order valence-corrected chi connectivity index (χ2v) is 7.45. The second-order valence-electron chi connectivity index (χ2n) is 6.54. The molecule has 0 N–H and O–H groups in total. The first kappa shape index (κ1) is 18.0. The van der Waals surface area contributed by atoms with Crippen molar-refractivity contribution in [3.63, 3.8) is 0 Å². The van der Waals surface area contributed by atoms with Gasteiger partial charge < -0.3 is 4.74 Å². The lowest BCUT2D eigenvalue weighted by molar-refractivity contribution is -0.149. The van der Waals surface area contributed by atoms with E-state index in [4.69, 9.17) is 4.74 Å². The fraction of sp³-hybridized carbons (Fsp3) is 0.421. The number of rotatable bonds is 2. The molecule has 25 heavy (non-hydrogen) atoms. The van der Waals surface area contributed by atoms with E-state index < -0.39 is 12.0 Å². The van der Waals surface area contributed by atoms with Crippen LogP contribution in [0.25, 0.3) is 0 Å². The van der Waals surface area contributed by atoms with Crippen molar-refractivity contribution in [3.05, 3.63) is 44.9 Å². The number of likely N-dealkylation sites (N-methyl/N-ethyl adjacent to an activating group) is 1. The van der Waals surface area contributed by atoms with Crippen LogP contribution in [0.15, 0.2) is 33.8 Å². The smallest absolute Gasteiger partial charge is 0.324 e. The van der Waals surface area contributed by atoms with Crippen molar-refractivity contribution >= 4 is 33.5 Å². The zero-order chi connectivity index (χ0) is 18.3. The van der Waals surface area contributed by atoms with Crippen LogP contribution >= 0.6 is 15.9 Å². The maximum atomic E-state index is 12.8. The molecule has 2 aliphatic rings. The molecule has 0 fully saturated rings. The highest BCUT2D eigenvalue weighted by Gasteiger charge is 2.45. The molecule has 0 bridgehead atoms. The molecule has 1 aliphatic carbocycles. The zero-order valence-electron chi connectivity index (χ0n) is 14.5. The molecule has 0 spiro atoms. The van der Waals surface area contributed by atoms with Gasteiger partial charge in [0.2, 0.25) is 0 Å². The highest BCUT2D eigenvalue weighted by molar-refractivity contribution is 9.10. The molecular formula is C19H20BrNO4. The highest BCUT2D eigenvalue weighted by Crippen LogP contribution is 2.42. The predicted octanol–water partition coefficient (Wildman–Crippen LogP) is 2.88. The van der Waals surface area contributed by atoms with Crippen LogP contribution in [0.3, 0.4) is 0 Å². The van der Waals surface area contributed by atoms with E-state index in [1.807, 2.05) is 31.0 Å². The summed E-state index contributed by atoms with van der Waals surface area (Å²) in [7, 11) is 1.84. The van der Waals surface area contributed by atoms with Crippen molar-refractivity contribution in [2.24, 2.45) is 0 Å². The van der Waals surface area contributed by atoms with Crippen molar-refractivity contribution in [1.82, 2.24) is 4.90 Å². The molecule has 2 unspecified atom stereocenters. The van der Waals surface area contributed by atoms with Gasteiger partial charge in [0.25, 0.3) is 0 Å². The number of hydrogen-bond donors (Lipinski definition) is 0. The normalized spacial score (nSPS) is 23.8. The quantitative estimate of drug-likeness (QED) is 0.558. The van der Waals surface area contributed by atoms with Crippen LogP contribution in [-0.4, -0.2) is 48.7 Å². The van der Waals surface area contributed by atoms with Crippen LogP contribution in [0.4, 0.5) is 0 Å². The number of carbonyl (C=O) groups is 3. The molecule has 1 aliphatic heterocycles. The van der Waals surface area contributed by atoms with Gasteiger partial charge in [-0.1, -0.05) is 27.6 Å². The molecule has 132 valence electrons. The monoisotopic (exact) mass is 405 g/mol. The van der Waals surface area contributed by atoms with E-state index in [0.29, 0.717) is 17.7 Å². The van der Waals surface area contributed by atoms with Crippen LogP contribution < -0.4 is 0 Å². The van der Waals surface area contributed by atoms with Crippen molar-refractivity contribution in [3.8, 4) is 0 Å². The minimum absolute atomic E-state index is 0.161. The summed E-state index contributed by atoms with van der Waals surface area (Å²) in [5, 5.41) is 0. The molecule has 1 heterocycles. The van der Waals surface area contributed by atoms with Crippen molar-refractivity contribution in [2.75, 3.05) is 20.2 Å². The molecule has 6 heteroatoms. The predicted molar refractivity (Wildman–Crippen MR) is 96.6 cm³/mol. The van der Waals surface area contributed by atoms with Gasteiger partial charge in [0.15, 0.2) is 11.6 Å². The lowest BCUT2D eigenvalue weighted by Gasteiger charge is -2.39. The Morgan fingerprint density at radius 3 is 2.72 bits per heavy atom. The summed E-state index contributed by atoms with van der Waals surface area (Å²) in [5.74, 6) is -1.25. The van der Waals surface area contributed by atoms with Crippen LogP contribution in [0.1, 0.15) is 42.1 Å². The summed E-state index contributed by atoms with van der Waals surface area (Å²) >= 11 is 3.39. The van der Waals surface area contributed by atoms with E-state index in [-0.39, 0.29) is 30.6 Å². The maximum Gasteiger partial charge on any atom is 0.324 e. The fourth-order valence-electron chi connectivity index (χ4n) is 3.89. The van der Waals surface area contributed by atoms with Gasteiger partial charge in [0.05, 0.1) is 13.0 Å². The number of hydrogen-bond acceptors (Lipinski definition) is 5. The molecule has 0 aromatic heterocycles. The summed E-state index contributed by atoms with van der Waals surface area (Å²) in [6, 6.07) is 4.79. The SMILES string of the molecule is CCOC(=O)C1C2C(=C(C)CN1C)C(=O)CC(=O)c1cc(Br)ccc12. The number of halogens is 1. The molecule has 1 aromatic carbocycles. The Hall–Kier alpha value is -1.79. The minimum atomic E-state index is -0.617. The van der Waals surface area contributed by atoms with Gasteiger partial charge in [0.1, 0.15) is 6.04 Å². The average molecular weight is 406 g/mol. The topological polar surface area (TPSA) is 63.7 Å². The van der Waals surface area contributed by atoms with Gasteiger partial charge in [-0.25, -0.2) is 0 Å². The number of fused-ring (bicyclic) bond motifs is 3. The molecule has 0 amide bonds. The van der Waals surface area contributed by atoms with Gasteiger partial charge >= 0.3 is 5.97 Å². The molecule has 2 atom stereocenters. The number of nitrogens with zero attached hydrogens (tertiary/aromatic N) is 1. The summed E-state index contributed by atoms with van der Waals surface area (Å²) < 4.78 is 6.04. The Morgan fingerprint density at radius 2 is 2.04 bits per heavy atom. The van der Waals surface area contributed by atoms with Crippen molar-refractivity contribution in [2.45, 2.75) is 32.2 Å². The Labute approximate surface area is 155 Å². The number of Topliss-reactive ketones (excluding diaryl/α,β-unsaturated/α-hetero) is 2. The molecular weight excluding hydrogens is 386 g/mol. The van der Waals surface area contributed by atoms with Gasteiger partial charge in [-0.3, -0.25) is 19.3 Å². The largest absolute Gasteiger partial charge is 0.465 e. The van der Waals surface area contributed by atoms with Crippen LogP contribution in [-0.2, 0) is 14.3 Å². The third-order valence-corrected chi connectivity index (χ3v) is 5.34. The molecule has 0 saturated heterocycles. The maximum absolute atomic E-state index is 12.8. The first-order valence-corrected chi connectivity index (χ1v) is 9.06. The van der Waals surface area contributed by atoms with Gasteiger partial charge in [-0.2, -0.15) is 0 Å². The Bertz CT molecular complexity index is 799. The number of esters is 1. The average Bonchev–Trinajstić information content (AvgIpc) is 2.63. The van der Waals surface area contributed by atoms with E-state index in [9.17, 15) is 14.4 Å². The fourth-order valence-corrected chi connectivity index (χ4v) is 4.25. The number of carbonyl (C=O) groups excluding carboxylic acids is 3. The van der Waals surface area contributed by atoms with E-state index in [1.54, 1.807) is 13.0 Å². The second kappa shape index (κ2) is 6.84. The van der Waals surface area contributed by atoms with Crippen LogP contribution in [0.2, 0.25) is 0 Å². The van der Waals surface area contributed by atoms with Crippen molar-refractivity contribution in [1.29, 1.82) is 0 Å². The summed E-state index contributed by atoms with van der Waals surface area (Å²) in [6.07, 6.45) is -0.161. The molecule has 5 nitrogen and oxygen atoms in total. The standard InChI is InChI=1S/C19H20BrNO4/c1-4-25-19(24)18-17-12-6-5-11(20)7-13(12)14(22)8-15(23)16(17)10(2)9-21(18)3/h5-7,17-18H,4,8-9H2,1-3H3. The number of ketones is 2. The van der Waals surface area contributed by atoms with Crippen LogP contribution in [0.5, 0.6) is 0 Å². The third kappa shape index (κ3) is 3.09. The number of ether oxygens (including phenoxy) is 1. The van der Waals surface area contributed by atoms with Gasteiger partial charge in [0, 0.05) is 28.1 Å². The molecule has 0 saturated carbocycles. The third-order valence-electron chi connectivity index (χ3n) is 4.85. The Kier molecular flexibility index (Phi) is 4.93. The molecule has 3 rings (SSSR count). The van der Waals surface area contributed by atoms with Gasteiger partial charge in [-0.15, -0.1) is 0 Å². The molecule has 0 radical (unpaired) electrons. The lowest BCUT2D eigenvalue weighted by Crippen LogP contribution is -2.49. The zero-order valence-corrected chi connectivity index (χ0v) is 16.1. The van der Waals surface area contributed by atoms with E-state index >= 15 is 0 Å². The van der Waals surface area contributed by atoms with Crippen LogP contribution in [0, 0.1) is 0 Å². The summed E-state index contributed by atoms with van der Waals surface area (Å²) in [5.41, 5.74) is 2.71. The van der Waals surface area contributed by atoms with E-state index in [1.165, 1.54) is 0 Å². The minimum Gasteiger partial charge on any atom is -0.465 e. The lowest BCUT2D eigenvalue weighted by atomic mass is 9.77. The number of benzene rings is 1. The van der Waals surface area contributed by atoms with E-state index in [0.717, 1.165) is 15.6 Å². The van der Waals surface area contributed by atoms with Gasteiger partial charge in [-0.05, 0) is 38.6 Å². The first-order valence-electron chi connectivity index (χ1n) is 8.27. The first-order chi connectivity index (χ1) is 11.8.